The second-order valence-electron chi connectivity index (χ2n) is 5.11. The van der Waals surface area contributed by atoms with Gasteiger partial charge in [-0.15, -0.1) is 0 Å². The predicted octanol–water partition coefficient (Wildman–Crippen LogP) is 2.50. The first kappa shape index (κ1) is 13.6. The molecule has 1 heterocycles. The van der Waals surface area contributed by atoms with Crippen LogP contribution in [0.25, 0.3) is 0 Å². The molecule has 102 valence electrons. The molecule has 0 saturated heterocycles. The lowest BCUT2D eigenvalue weighted by atomic mass is 10.1. The van der Waals surface area contributed by atoms with Gasteiger partial charge in [-0.3, -0.25) is 4.68 Å². The highest BCUT2D eigenvalue weighted by molar-refractivity contribution is 5.36. The molecule has 4 nitrogen and oxygen atoms in total. The normalized spacial score (nSPS) is 14.2. The van der Waals surface area contributed by atoms with E-state index in [1.165, 1.54) is 5.56 Å². The van der Waals surface area contributed by atoms with Gasteiger partial charge >= 0.3 is 0 Å². The molecular formula is C15H21N3O. The van der Waals surface area contributed by atoms with Crippen molar-refractivity contribution in [3.63, 3.8) is 0 Å². The van der Waals surface area contributed by atoms with Crippen LogP contribution in [0.1, 0.15) is 29.7 Å². The summed E-state index contributed by atoms with van der Waals surface area (Å²) in [5.74, 6) is 0.881. The van der Waals surface area contributed by atoms with Crippen LogP contribution in [0.15, 0.2) is 30.6 Å². The fourth-order valence-electron chi connectivity index (χ4n) is 2.04. The van der Waals surface area contributed by atoms with E-state index in [4.69, 9.17) is 10.5 Å². The van der Waals surface area contributed by atoms with Crippen LogP contribution in [0, 0.1) is 13.8 Å². The van der Waals surface area contributed by atoms with E-state index in [-0.39, 0.29) is 12.1 Å². The standard InChI is InChI=1S/C15H21N3O/c1-10-5-6-11(2)14(7-10)19-15(12(3)16)13-8-17-18(4)9-13/h5-9,12,15H,16H2,1-4H3. The molecule has 2 rings (SSSR count). The Bertz CT molecular complexity index is 560. The van der Waals surface area contributed by atoms with Crippen molar-refractivity contribution < 1.29 is 4.74 Å². The average molecular weight is 259 g/mol. The summed E-state index contributed by atoms with van der Waals surface area (Å²) in [6, 6.07) is 6.07. The second-order valence-corrected chi connectivity index (χ2v) is 5.11. The number of hydrogen-bond donors (Lipinski definition) is 1. The molecule has 0 aliphatic heterocycles. The topological polar surface area (TPSA) is 53.1 Å². The molecule has 2 N–H and O–H groups in total. The molecule has 0 aliphatic carbocycles. The maximum absolute atomic E-state index is 6.11. The Morgan fingerprint density at radius 2 is 2.05 bits per heavy atom. The van der Waals surface area contributed by atoms with Crippen LogP contribution in [-0.4, -0.2) is 15.8 Å². The Kier molecular flexibility index (Phi) is 3.90. The van der Waals surface area contributed by atoms with E-state index < -0.39 is 0 Å². The third kappa shape index (κ3) is 3.15. The second kappa shape index (κ2) is 5.45. The molecule has 2 atom stereocenters. The van der Waals surface area contributed by atoms with Crippen LogP contribution in [0.3, 0.4) is 0 Å². The van der Waals surface area contributed by atoms with Crippen molar-refractivity contribution >= 4 is 0 Å². The third-order valence-electron chi connectivity index (χ3n) is 3.13. The van der Waals surface area contributed by atoms with Crippen LogP contribution in [0.5, 0.6) is 5.75 Å². The lowest BCUT2D eigenvalue weighted by molar-refractivity contribution is 0.179. The van der Waals surface area contributed by atoms with Gasteiger partial charge in [0.1, 0.15) is 11.9 Å². The molecule has 0 spiro atoms. The van der Waals surface area contributed by atoms with Gasteiger partial charge in [0.25, 0.3) is 0 Å². The fourth-order valence-corrected chi connectivity index (χ4v) is 2.04. The molecule has 0 amide bonds. The van der Waals surface area contributed by atoms with Crippen LogP contribution in [0.4, 0.5) is 0 Å². The molecular weight excluding hydrogens is 238 g/mol. The number of rotatable bonds is 4. The van der Waals surface area contributed by atoms with Gasteiger partial charge in [-0.1, -0.05) is 12.1 Å². The monoisotopic (exact) mass is 259 g/mol. The predicted molar refractivity (Wildman–Crippen MR) is 76.1 cm³/mol. The van der Waals surface area contributed by atoms with Crippen molar-refractivity contribution in [2.45, 2.75) is 32.9 Å². The molecule has 0 saturated carbocycles. The SMILES string of the molecule is Cc1ccc(C)c(OC(c2cnn(C)c2)C(C)N)c1. The van der Waals surface area contributed by atoms with Crippen LogP contribution in [0.2, 0.25) is 0 Å². The number of aromatic nitrogens is 2. The summed E-state index contributed by atoms with van der Waals surface area (Å²) in [5.41, 5.74) is 9.34. The molecule has 2 unspecified atom stereocenters. The van der Waals surface area contributed by atoms with E-state index >= 15 is 0 Å². The Labute approximate surface area is 114 Å². The van der Waals surface area contributed by atoms with Crippen LogP contribution >= 0.6 is 0 Å². The van der Waals surface area contributed by atoms with Crippen LogP contribution in [-0.2, 0) is 7.05 Å². The highest BCUT2D eigenvalue weighted by atomic mass is 16.5. The third-order valence-corrected chi connectivity index (χ3v) is 3.13. The number of hydrogen-bond acceptors (Lipinski definition) is 3. The minimum atomic E-state index is -0.186. The van der Waals surface area contributed by atoms with Crippen molar-refractivity contribution in [1.82, 2.24) is 9.78 Å². The Morgan fingerprint density at radius 1 is 1.32 bits per heavy atom. The van der Waals surface area contributed by atoms with E-state index in [1.807, 2.05) is 33.2 Å². The van der Waals surface area contributed by atoms with Crippen molar-refractivity contribution in [3.8, 4) is 5.75 Å². The molecule has 4 heteroatoms. The first-order chi connectivity index (χ1) is 8.97. The number of nitrogens with zero attached hydrogens (tertiary/aromatic N) is 2. The Morgan fingerprint density at radius 3 is 2.63 bits per heavy atom. The quantitative estimate of drug-likeness (QED) is 0.918. The van der Waals surface area contributed by atoms with E-state index in [1.54, 1.807) is 10.9 Å². The summed E-state index contributed by atoms with van der Waals surface area (Å²) in [6.45, 7) is 6.04. The molecule has 1 aromatic carbocycles. The number of benzene rings is 1. The smallest absolute Gasteiger partial charge is 0.141 e. The summed E-state index contributed by atoms with van der Waals surface area (Å²) in [4.78, 5) is 0. The first-order valence-corrected chi connectivity index (χ1v) is 6.45. The minimum absolute atomic E-state index is 0.107. The van der Waals surface area contributed by atoms with Gasteiger partial charge in [0.05, 0.1) is 6.20 Å². The summed E-state index contributed by atoms with van der Waals surface area (Å²) in [5, 5.41) is 4.18. The van der Waals surface area contributed by atoms with Gasteiger partial charge < -0.3 is 10.5 Å². The highest BCUT2D eigenvalue weighted by Crippen LogP contribution is 2.27. The molecule has 2 aromatic rings. The Balaban J connectivity index is 2.29. The lowest BCUT2D eigenvalue weighted by Gasteiger charge is -2.22. The summed E-state index contributed by atoms with van der Waals surface area (Å²) < 4.78 is 7.87. The molecule has 0 radical (unpaired) electrons. The molecule has 0 fully saturated rings. The van der Waals surface area contributed by atoms with E-state index in [0.29, 0.717) is 0 Å². The van der Waals surface area contributed by atoms with Gasteiger partial charge in [-0.25, -0.2) is 0 Å². The minimum Gasteiger partial charge on any atom is -0.484 e. The molecule has 19 heavy (non-hydrogen) atoms. The molecule has 0 aliphatic rings. The maximum Gasteiger partial charge on any atom is 0.141 e. The summed E-state index contributed by atoms with van der Waals surface area (Å²) in [6.07, 6.45) is 3.56. The number of nitrogens with two attached hydrogens (primary N) is 1. The fraction of sp³-hybridized carbons (Fsp3) is 0.400. The van der Waals surface area contributed by atoms with E-state index in [2.05, 4.69) is 24.2 Å². The highest BCUT2D eigenvalue weighted by Gasteiger charge is 2.20. The zero-order chi connectivity index (χ0) is 14.0. The van der Waals surface area contributed by atoms with Gasteiger partial charge in [-0.05, 0) is 38.0 Å². The summed E-state index contributed by atoms with van der Waals surface area (Å²) >= 11 is 0. The van der Waals surface area contributed by atoms with Gasteiger partial charge in [0.15, 0.2) is 0 Å². The lowest BCUT2D eigenvalue weighted by Crippen LogP contribution is -2.29. The van der Waals surface area contributed by atoms with Gasteiger partial charge in [-0.2, -0.15) is 5.10 Å². The van der Waals surface area contributed by atoms with Crippen molar-refractivity contribution in [2.75, 3.05) is 0 Å². The molecule has 1 aromatic heterocycles. The first-order valence-electron chi connectivity index (χ1n) is 6.45. The van der Waals surface area contributed by atoms with Crippen molar-refractivity contribution in [2.24, 2.45) is 12.8 Å². The summed E-state index contributed by atoms with van der Waals surface area (Å²) in [7, 11) is 1.89. The van der Waals surface area contributed by atoms with Crippen molar-refractivity contribution in [1.29, 1.82) is 0 Å². The Hall–Kier alpha value is -1.81. The van der Waals surface area contributed by atoms with Gasteiger partial charge in [0, 0.05) is 24.8 Å². The zero-order valence-corrected chi connectivity index (χ0v) is 11.9. The maximum atomic E-state index is 6.11. The zero-order valence-electron chi connectivity index (χ0n) is 11.9. The van der Waals surface area contributed by atoms with E-state index in [0.717, 1.165) is 16.9 Å². The number of aryl methyl sites for hydroxylation is 3. The number of ether oxygens (including phenoxy) is 1. The molecule has 0 bridgehead atoms. The van der Waals surface area contributed by atoms with Crippen molar-refractivity contribution in [3.05, 3.63) is 47.3 Å². The average Bonchev–Trinajstić information content (AvgIpc) is 2.76. The van der Waals surface area contributed by atoms with Crippen LogP contribution < -0.4 is 10.5 Å². The largest absolute Gasteiger partial charge is 0.484 e. The van der Waals surface area contributed by atoms with Gasteiger partial charge in [0.2, 0.25) is 0 Å². The van der Waals surface area contributed by atoms with E-state index in [9.17, 15) is 0 Å².